The lowest BCUT2D eigenvalue weighted by atomic mass is 9.89. The van der Waals surface area contributed by atoms with Gasteiger partial charge in [-0.3, -0.25) is 19.3 Å². The Morgan fingerprint density at radius 3 is 2.33 bits per heavy atom. The Kier molecular flexibility index (Phi) is 5.84. The first-order chi connectivity index (χ1) is 14.6. The zero-order valence-electron chi connectivity index (χ0n) is 17.1. The molecule has 1 N–H and O–H groups in total. The van der Waals surface area contributed by atoms with E-state index in [4.69, 9.17) is 4.74 Å². The van der Waals surface area contributed by atoms with Gasteiger partial charge in [0.25, 0.3) is 17.7 Å². The molecular weight excluding hydrogens is 380 g/mol. The number of methoxy groups -OCH3 is 1. The fourth-order valence-electron chi connectivity index (χ4n) is 4.32. The standard InChI is InChI=1S/C24H26N2O4/c1-30-21-12-11-17(13-20(21)22(27)25-14-16-7-3-2-4-8-16)15-26-23(28)18-9-5-6-10-19(18)24(26)29/h5-6,9-13,16H,2-4,7-8,14-15H2,1H3,(H,25,27). The molecule has 0 unspecified atom stereocenters. The van der Waals surface area contributed by atoms with Crippen LogP contribution in [0.5, 0.6) is 5.75 Å². The lowest BCUT2D eigenvalue weighted by Gasteiger charge is -2.22. The summed E-state index contributed by atoms with van der Waals surface area (Å²) >= 11 is 0. The van der Waals surface area contributed by atoms with Gasteiger partial charge in [0.1, 0.15) is 5.75 Å². The van der Waals surface area contributed by atoms with E-state index in [0.29, 0.717) is 40.5 Å². The summed E-state index contributed by atoms with van der Waals surface area (Å²) in [6.45, 7) is 0.768. The average Bonchev–Trinajstić information content (AvgIpc) is 3.03. The van der Waals surface area contributed by atoms with Crippen molar-refractivity contribution in [2.45, 2.75) is 38.6 Å². The van der Waals surface area contributed by atoms with Crippen LogP contribution in [0.15, 0.2) is 42.5 Å². The lowest BCUT2D eigenvalue weighted by Crippen LogP contribution is -2.31. The number of rotatable bonds is 6. The molecule has 0 spiro atoms. The highest BCUT2D eigenvalue weighted by Gasteiger charge is 2.35. The fourth-order valence-corrected chi connectivity index (χ4v) is 4.32. The van der Waals surface area contributed by atoms with Gasteiger partial charge in [-0.25, -0.2) is 0 Å². The van der Waals surface area contributed by atoms with Crippen LogP contribution in [0.4, 0.5) is 0 Å². The number of amides is 3. The van der Waals surface area contributed by atoms with Crippen molar-refractivity contribution >= 4 is 17.7 Å². The van der Waals surface area contributed by atoms with Crippen LogP contribution in [0.2, 0.25) is 0 Å². The number of nitrogens with one attached hydrogen (secondary N) is 1. The summed E-state index contributed by atoms with van der Waals surface area (Å²) in [4.78, 5) is 39.3. The Balaban J connectivity index is 1.49. The second kappa shape index (κ2) is 8.69. The van der Waals surface area contributed by atoms with Crippen LogP contribution in [0.3, 0.4) is 0 Å². The predicted molar refractivity (Wildman–Crippen MR) is 113 cm³/mol. The number of hydrogen-bond donors (Lipinski definition) is 1. The number of hydrogen-bond acceptors (Lipinski definition) is 4. The van der Waals surface area contributed by atoms with Gasteiger partial charge in [0.15, 0.2) is 0 Å². The smallest absolute Gasteiger partial charge is 0.261 e. The van der Waals surface area contributed by atoms with E-state index < -0.39 is 0 Å². The van der Waals surface area contributed by atoms with Gasteiger partial charge in [-0.2, -0.15) is 0 Å². The Morgan fingerprint density at radius 2 is 1.70 bits per heavy atom. The van der Waals surface area contributed by atoms with E-state index in [1.54, 1.807) is 42.5 Å². The molecule has 0 radical (unpaired) electrons. The summed E-state index contributed by atoms with van der Waals surface area (Å²) in [5.41, 5.74) is 1.96. The third-order valence-corrected chi connectivity index (χ3v) is 6.00. The molecule has 2 aromatic carbocycles. The third-order valence-electron chi connectivity index (χ3n) is 6.00. The predicted octanol–water partition coefficient (Wildman–Crippen LogP) is 3.80. The molecule has 0 bridgehead atoms. The van der Waals surface area contributed by atoms with Crippen LogP contribution in [0.25, 0.3) is 0 Å². The Morgan fingerprint density at radius 1 is 1.03 bits per heavy atom. The third kappa shape index (κ3) is 3.95. The SMILES string of the molecule is COc1ccc(CN2C(=O)c3ccccc3C2=O)cc1C(=O)NCC1CCCCC1. The van der Waals surface area contributed by atoms with E-state index in [1.165, 1.54) is 31.3 Å². The molecule has 4 rings (SSSR count). The molecule has 6 nitrogen and oxygen atoms in total. The highest BCUT2D eigenvalue weighted by Crippen LogP contribution is 2.27. The van der Waals surface area contributed by atoms with Crippen LogP contribution in [0.1, 0.15) is 68.7 Å². The average molecular weight is 406 g/mol. The van der Waals surface area contributed by atoms with Gasteiger partial charge >= 0.3 is 0 Å². The van der Waals surface area contributed by atoms with Gasteiger partial charge in [0.2, 0.25) is 0 Å². The minimum absolute atomic E-state index is 0.110. The number of fused-ring (bicyclic) bond motifs is 1. The van der Waals surface area contributed by atoms with E-state index in [2.05, 4.69) is 5.32 Å². The molecule has 2 aromatic rings. The maximum Gasteiger partial charge on any atom is 0.261 e. The molecule has 2 aliphatic rings. The summed E-state index contributed by atoms with van der Waals surface area (Å²) in [6.07, 6.45) is 6.02. The molecule has 0 aromatic heterocycles. The minimum atomic E-state index is -0.310. The van der Waals surface area contributed by atoms with Crippen LogP contribution < -0.4 is 10.1 Å². The van der Waals surface area contributed by atoms with Crippen LogP contribution in [0, 0.1) is 5.92 Å². The number of benzene rings is 2. The molecule has 1 fully saturated rings. The van der Waals surface area contributed by atoms with Crippen molar-refractivity contribution in [1.29, 1.82) is 0 Å². The zero-order chi connectivity index (χ0) is 21.1. The first-order valence-electron chi connectivity index (χ1n) is 10.5. The van der Waals surface area contributed by atoms with Crippen molar-refractivity contribution in [2.75, 3.05) is 13.7 Å². The number of carbonyl (C=O) groups excluding carboxylic acids is 3. The van der Waals surface area contributed by atoms with Gasteiger partial charge in [0.05, 0.1) is 30.3 Å². The van der Waals surface area contributed by atoms with Gasteiger partial charge in [-0.05, 0) is 48.6 Å². The Bertz CT molecular complexity index is 944. The van der Waals surface area contributed by atoms with Gasteiger partial charge < -0.3 is 10.1 Å². The minimum Gasteiger partial charge on any atom is -0.496 e. The Hall–Kier alpha value is -3.15. The highest BCUT2D eigenvalue weighted by atomic mass is 16.5. The number of ether oxygens (including phenoxy) is 1. The van der Waals surface area contributed by atoms with E-state index in [-0.39, 0.29) is 24.3 Å². The number of imide groups is 1. The molecule has 156 valence electrons. The van der Waals surface area contributed by atoms with E-state index in [9.17, 15) is 14.4 Å². The number of carbonyl (C=O) groups is 3. The topological polar surface area (TPSA) is 75.7 Å². The van der Waals surface area contributed by atoms with Gasteiger partial charge in [-0.15, -0.1) is 0 Å². The first-order valence-corrected chi connectivity index (χ1v) is 10.5. The van der Waals surface area contributed by atoms with Gasteiger partial charge in [0, 0.05) is 6.54 Å². The van der Waals surface area contributed by atoms with Crippen molar-refractivity contribution < 1.29 is 19.1 Å². The van der Waals surface area contributed by atoms with Crippen LogP contribution in [-0.4, -0.2) is 36.3 Å². The van der Waals surface area contributed by atoms with Crippen LogP contribution in [-0.2, 0) is 6.54 Å². The van der Waals surface area contributed by atoms with Crippen LogP contribution >= 0.6 is 0 Å². The molecular formula is C24H26N2O4. The summed E-state index contributed by atoms with van der Waals surface area (Å²) < 4.78 is 5.37. The molecule has 6 heteroatoms. The molecule has 1 saturated carbocycles. The molecule has 1 aliphatic heterocycles. The summed E-state index contributed by atoms with van der Waals surface area (Å²) in [5.74, 6) is 0.184. The molecule has 0 saturated heterocycles. The van der Waals surface area contributed by atoms with Crippen molar-refractivity contribution in [2.24, 2.45) is 5.92 Å². The normalized spacial score (nSPS) is 16.5. The number of nitrogens with zero attached hydrogens (tertiary/aromatic N) is 1. The monoisotopic (exact) mass is 406 g/mol. The fraction of sp³-hybridized carbons (Fsp3) is 0.375. The highest BCUT2D eigenvalue weighted by molar-refractivity contribution is 6.21. The maximum absolute atomic E-state index is 12.8. The molecule has 30 heavy (non-hydrogen) atoms. The van der Waals surface area contributed by atoms with Crippen molar-refractivity contribution in [1.82, 2.24) is 10.2 Å². The zero-order valence-corrected chi connectivity index (χ0v) is 17.1. The van der Waals surface area contributed by atoms with E-state index in [0.717, 1.165) is 12.8 Å². The molecule has 0 atom stereocenters. The Labute approximate surface area is 176 Å². The first kappa shape index (κ1) is 20.1. The quantitative estimate of drug-likeness (QED) is 0.741. The summed E-state index contributed by atoms with van der Waals surface area (Å²) in [6, 6.07) is 12.0. The summed E-state index contributed by atoms with van der Waals surface area (Å²) in [5, 5.41) is 3.03. The van der Waals surface area contributed by atoms with Crippen molar-refractivity contribution in [3.05, 3.63) is 64.7 Å². The summed E-state index contributed by atoms with van der Waals surface area (Å²) in [7, 11) is 1.52. The molecule has 1 heterocycles. The van der Waals surface area contributed by atoms with E-state index in [1.807, 2.05) is 0 Å². The van der Waals surface area contributed by atoms with Crippen molar-refractivity contribution in [3.8, 4) is 5.75 Å². The lowest BCUT2D eigenvalue weighted by molar-refractivity contribution is 0.0642. The van der Waals surface area contributed by atoms with Gasteiger partial charge in [-0.1, -0.05) is 37.5 Å². The van der Waals surface area contributed by atoms with Crippen molar-refractivity contribution in [3.63, 3.8) is 0 Å². The van der Waals surface area contributed by atoms with E-state index >= 15 is 0 Å². The second-order valence-corrected chi connectivity index (χ2v) is 7.99. The molecule has 1 aliphatic carbocycles. The molecule has 3 amide bonds. The largest absolute Gasteiger partial charge is 0.496 e. The maximum atomic E-state index is 12.8. The second-order valence-electron chi connectivity index (χ2n) is 7.99.